The molecular weight excluding hydrogens is 420 g/mol. The Bertz CT molecular complexity index is 1130. The first kappa shape index (κ1) is 25.2. The van der Waals surface area contributed by atoms with E-state index in [0.717, 1.165) is 6.42 Å². The zero-order chi connectivity index (χ0) is 24.5. The topological polar surface area (TPSA) is 0 Å². The molecule has 182 valence electrons. The summed E-state index contributed by atoms with van der Waals surface area (Å²) in [6, 6.07) is 27.3. The van der Waals surface area contributed by atoms with Crippen LogP contribution in [0.2, 0.25) is 0 Å². The SMILES string of the molecule is CCCCCC1=CC(C)(c2cc(-c3ccc(CCCCC)cc3)ccc2-c2ccccc2)CC=C1. The monoisotopic (exact) mass is 462 g/mol. The Labute approximate surface area is 213 Å². The second-order valence-corrected chi connectivity index (χ2v) is 10.5. The second-order valence-electron chi connectivity index (χ2n) is 10.5. The molecule has 0 aromatic heterocycles. The summed E-state index contributed by atoms with van der Waals surface area (Å²) in [6.07, 6.45) is 18.5. The Morgan fingerprint density at radius 2 is 1.37 bits per heavy atom. The van der Waals surface area contributed by atoms with Crippen LogP contribution in [0, 0.1) is 0 Å². The lowest BCUT2D eigenvalue weighted by atomic mass is 9.72. The molecule has 4 rings (SSSR count). The van der Waals surface area contributed by atoms with E-state index in [0.29, 0.717) is 0 Å². The van der Waals surface area contributed by atoms with E-state index in [-0.39, 0.29) is 5.41 Å². The average molecular weight is 463 g/mol. The molecular formula is C35H42. The maximum atomic E-state index is 2.56. The lowest BCUT2D eigenvalue weighted by Crippen LogP contribution is -2.22. The third-order valence-corrected chi connectivity index (χ3v) is 7.52. The molecule has 0 heterocycles. The first-order valence-corrected chi connectivity index (χ1v) is 13.8. The van der Waals surface area contributed by atoms with Crippen LogP contribution >= 0.6 is 0 Å². The molecule has 0 N–H and O–H groups in total. The highest BCUT2D eigenvalue weighted by Gasteiger charge is 2.29. The van der Waals surface area contributed by atoms with Crippen molar-refractivity contribution in [2.75, 3.05) is 0 Å². The highest BCUT2D eigenvalue weighted by molar-refractivity contribution is 5.76. The fraction of sp³-hybridized carbons (Fsp3) is 0.371. The maximum Gasteiger partial charge on any atom is 0.0150 e. The number of benzene rings is 3. The first-order chi connectivity index (χ1) is 17.1. The summed E-state index contributed by atoms with van der Waals surface area (Å²) >= 11 is 0. The van der Waals surface area contributed by atoms with E-state index >= 15 is 0 Å². The standard InChI is InChI=1S/C35H42/c1-4-6-9-14-28-19-21-30(22-20-28)32-23-24-33(31-17-11-8-12-18-31)34(26-32)35(3)25-13-16-29(27-35)15-10-7-5-2/h8,11-13,16-24,26-27H,4-7,9-10,14-15,25H2,1-3H3. The zero-order valence-corrected chi connectivity index (χ0v) is 22.0. The minimum absolute atomic E-state index is 0.00240. The molecule has 1 aliphatic carbocycles. The van der Waals surface area contributed by atoms with Crippen molar-refractivity contribution in [3.8, 4) is 22.3 Å². The summed E-state index contributed by atoms with van der Waals surface area (Å²) in [5.41, 5.74) is 9.66. The van der Waals surface area contributed by atoms with Crippen molar-refractivity contribution in [2.45, 2.75) is 84.0 Å². The number of hydrogen-bond donors (Lipinski definition) is 0. The molecule has 0 aliphatic heterocycles. The van der Waals surface area contributed by atoms with Crippen LogP contribution < -0.4 is 0 Å². The molecule has 0 bridgehead atoms. The van der Waals surface area contributed by atoms with E-state index in [1.54, 1.807) is 0 Å². The molecule has 0 radical (unpaired) electrons. The van der Waals surface area contributed by atoms with E-state index in [4.69, 9.17) is 0 Å². The van der Waals surface area contributed by atoms with Crippen LogP contribution in [-0.2, 0) is 11.8 Å². The van der Waals surface area contributed by atoms with Gasteiger partial charge < -0.3 is 0 Å². The Kier molecular flexibility index (Phi) is 8.80. The summed E-state index contributed by atoms with van der Waals surface area (Å²) in [6.45, 7) is 6.98. The molecule has 0 saturated carbocycles. The average Bonchev–Trinajstić information content (AvgIpc) is 2.90. The van der Waals surface area contributed by atoms with Crippen LogP contribution in [-0.4, -0.2) is 0 Å². The van der Waals surface area contributed by atoms with Gasteiger partial charge in [-0.25, -0.2) is 0 Å². The molecule has 3 aromatic rings. The smallest absolute Gasteiger partial charge is 0.0150 e. The lowest BCUT2D eigenvalue weighted by Gasteiger charge is -2.32. The quantitative estimate of drug-likeness (QED) is 0.249. The Hall–Kier alpha value is -2.86. The molecule has 1 unspecified atom stereocenters. The van der Waals surface area contributed by atoms with Gasteiger partial charge in [-0.1, -0.05) is 137 Å². The molecule has 0 saturated heterocycles. The van der Waals surface area contributed by atoms with Gasteiger partial charge >= 0.3 is 0 Å². The Balaban J connectivity index is 1.70. The highest BCUT2D eigenvalue weighted by atomic mass is 14.3. The third-order valence-electron chi connectivity index (χ3n) is 7.52. The van der Waals surface area contributed by atoms with Crippen molar-refractivity contribution >= 4 is 0 Å². The van der Waals surface area contributed by atoms with E-state index in [1.807, 2.05) is 0 Å². The van der Waals surface area contributed by atoms with Gasteiger partial charge in [0.15, 0.2) is 0 Å². The first-order valence-electron chi connectivity index (χ1n) is 13.8. The minimum atomic E-state index is -0.00240. The predicted molar refractivity (Wildman–Crippen MR) is 154 cm³/mol. The molecule has 0 fully saturated rings. The molecule has 1 atom stereocenters. The van der Waals surface area contributed by atoms with E-state index in [9.17, 15) is 0 Å². The Morgan fingerprint density at radius 3 is 2.09 bits per heavy atom. The van der Waals surface area contributed by atoms with Crippen LogP contribution in [0.5, 0.6) is 0 Å². The molecule has 0 spiro atoms. The summed E-state index contributed by atoms with van der Waals surface area (Å²) in [7, 11) is 0. The van der Waals surface area contributed by atoms with E-state index < -0.39 is 0 Å². The lowest BCUT2D eigenvalue weighted by molar-refractivity contribution is 0.589. The van der Waals surface area contributed by atoms with Crippen molar-refractivity contribution in [1.82, 2.24) is 0 Å². The van der Waals surface area contributed by atoms with E-state index in [1.165, 1.54) is 90.3 Å². The fourth-order valence-corrected chi connectivity index (χ4v) is 5.40. The van der Waals surface area contributed by atoms with Crippen LogP contribution in [0.15, 0.2) is 96.6 Å². The largest absolute Gasteiger partial charge is 0.0831 e. The fourth-order valence-electron chi connectivity index (χ4n) is 5.40. The van der Waals surface area contributed by atoms with Gasteiger partial charge in [0, 0.05) is 5.41 Å². The van der Waals surface area contributed by atoms with Crippen molar-refractivity contribution in [1.29, 1.82) is 0 Å². The summed E-state index contributed by atoms with van der Waals surface area (Å²) in [5.74, 6) is 0. The number of rotatable bonds is 11. The van der Waals surface area contributed by atoms with Gasteiger partial charge in [0.05, 0.1) is 0 Å². The zero-order valence-electron chi connectivity index (χ0n) is 22.0. The van der Waals surface area contributed by atoms with Crippen molar-refractivity contribution in [2.24, 2.45) is 0 Å². The van der Waals surface area contributed by atoms with Gasteiger partial charge in [-0.05, 0) is 71.6 Å². The number of aryl methyl sites for hydroxylation is 1. The van der Waals surface area contributed by atoms with Crippen LogP contribution in [0.25, 0.3) is 22.3 Å². The Morgan fingerprint density at radius 1 is 0.686 bits per heavy atom. The van der Waals surface area contributed by atoms with Crippen molar-refractivity contribution < 1.29 is 0 Å². The van der Waals surface area contributed by atoms with Crippen LogP contribution in [0.4, 0.5) is 0 Å². The van der Waals surface area contributed by atoms with Gasteiger partial charge in [0.25, 0.3) is 0 Å². The van der Waals surface area contributed by atoms with Gasteiger partial charge in [0.1, 0.15) is 0 Å². The second kappa shape index (κ2) is 12.2. The number of allylic oxidation sites excluding steroid dienone is 4. The van der Waals surface area contributed by atoms with Crippen LogP contribution in [0.3, 0.4) is 0 Å². The van der Waals surface area contributed by atoms with Gasteiger partial charge in [-0.15, -0.1) is 0 Å². The summed E-state index contributed by atoms with van der Waals surface area (Å²) in [4.78, 5) is 0. The molecule has 1 aliphatic rings. The highest BCUT2D eigenvalue weighted by Crippen LogP contribution is 2.42. The maximum absolute atomic E-state index is 2.56. The van der Waals surface area contributed by atoms with Crippen LogP contribution in [0.1, 0.15) is 83.3 Å². The number of hydrogen-bond acceptors (Lipinski definition) is 0. The van der Waals surface area contributed by atoms with Gasteiger partial charge in [-0.3, -0.25) is 0 Å². The molecule has 0 nitrogen and oxygen atoms in total. The van der Waals surface area contributed by atoms with Gasteiger partial charge in [0.2, 0.25) is 0 Å². The third kappa shape index (κ3) is 6.43. The normalized spacial score (nSPS) is 17.4. The molecule has 3 aromatic carbocycles. The summed E-state index contributed by atoms with van der Waals surface area (Å²) < 4.78 is 0. The van der Waals surface area contributed by atoms with E-state index in [2.05, 4.69) is 112 Å². The molecule has 35 heavy (non-hydrogen) atoms. The van der Waals surface area contributed by atoms with Gasteiger partial charge in [-0.2, -0.15) is 0 Å². The molecule has 0 heteroatoms. The molecule has 0 amide bonds. The minimum Gasteiger partial charge on any atom is -0.0831 e. The number of unbranched alkanes of at least 4 members (excludes halogenated alkanes) is 4. The summed E-state index contributed by atoms with van der Waals surface area (Å²) in [5, 5.41) is 0. The predicted octanol–water partition coefficient (Wildman–Crippen LogP) is 10.5. The van der Waals surface area contributed by atoms with Crippen molar-refractivity contribution in [3.05, 3.63) is 108 Å². The van der Waals surface area contributed by atoms with Crippen molar-refractivity contribution in [3.63, 3.8) is 0 Å².